The highest BCUT2D eigenvalue weighted by Crippen LogP contribution is 2.32. The van der Waals surface area contributed by atoms with Gasteiger partial charge in [-0.15, -0.1) is 0 Å². The normalized spacial score (nSPS) is 14.1. The highest BCUT2D eigenvalue weighted by Gasteiger charge is 2.26. The van der Waals surface area contributed by atoms with Crippen molar-refractivity contribution in [2.24, 2.45) is 5.92 Å². The molecule has 38 heavy (non-hydrogen) atoms. The number of carbonyl (C=O) groups is 2. The van der Waals surface area contributed by atoms with Crippen molar-refractivity contribution in [3.63, 3.8) is 0 Å². The molecule has 1 aliphatic rings. The summed E-state index contributed by atoms with van der Waals surface area (Å²) in [6, 6.07) is 18.3. The Balaban J connectivity index is 1.40. The number of nitrogens with zero attached hydrogens (tertiary/aromatic N) is 2. The Morgan fingerprint density at radius 3 is 2.13 bits per heavy atom. The third-order valence-corrected chi connectivity index (χ3v) is 6.11. The minimum Gasteiger partial charge on any atom is -0.465 e. The summed E-state index contributed by atoms with van der Waals surface area (Å²) in [5.41, 5.74) is 0.570. The number of aromatic nitrogens is 1. The van der Waals surface area contributed by atoms with E-state index in [2.05, 4.69) is 9.88 Å². The average Bonchev–Trinajstić information content (AvgIpc) is 2.89. The summed E-state index contributed by atoms with van der Waals surface area (Å²) in [7, 11) is 1.33. The van der Waals surface area contributed by atoms with E-state index in [4.69, 9.17) is 18.9 Å². The number of benzene rings is 2. The number of hydrogen-bond donors (Lipinski definition) is 0. The molecule has 0 bridgehead atoms. The number of methoxy groups -OCH3 is 1. The number of esters is 2. The van der Waals surface area contributed by atoms with Crippen molar-refractivity contribution in [3.05, 3.63) is 72.4 Å². The van der Waals surface area contributed by atoms with E-state index in [-0.39, 0.29) is 23.3 Å². The molecule has 0 saturated carbocycles. The fourth-order valence-electron chi connectivity index (χ4n) is 4.28. The number of carbonyl (C=O) groups excluding carboxylic acids is 2. The Kier molecular flexibility index (Phi) is 8.51. The van der Waals surface area contributed by atoms with Crippen molar-refractivity contribution < 1.29 is 28.5 Å². The van der Waals surface area contributed by atoms with Gasteiger partial charge in [0, 0.05) is 19.5 Å². The van der Waals surface area contributed by atoms with Crippen LogP contribution < -0.4 is 14.4 Å². The van der Waals surface area contributed by atoms with Gasteiger partial charge < -0.3 is 23.8 Å². The van der Waals surface area contributed by atoms with Crippen LogP contribution in [0.5, 0.6) is 23.1 Å². The van der Waals surface area contributed by atoms with Crippen LogP contribution in [-0.2, 0) is 14.3 Å². The van der Waals surface area contributed by atoms with Crippen LogP contribution in [0.25, 0.3) is 0 Å². The van der Waals surface area contributed by atoms with Crippen molar-refractivity contribution in [1.82, 2.24) is 4.98 Å². The topological polar surface area (TPSA) is 87.2 Å². The standard InChI is InChI=1S/C30H34N2O6/c1-30(2,3)38-27(33)18-21-14-16-32(17-15-21)22-19-26(29(34)35-4)28(31-20-22)37-25-12-10-24(11-13-25)36-23-8-6-5-7-9-23/h5-13,19-21H,14-18H2,1-4H3. The molecule has 3 aromatic rings. The summed E-state index contributed by atoms with van der Waals surface area (Å²) in [6.45, 7) is 7.13. The summed E-state index contributed by atoms with van der Waals surface area (Å²) in [4.78, 5) is 31.4. The maximum absolute atomic E-state index is 12.6. The number of anilines is 1. The van der Waals surface area contributed by atoms with Crippen LogP contribution in [0.15, 0.2) is 66.9 Å². The Labute approximate surface area is 223 Å². The van der Waals surface area contributed by atoms with Crippen LogP contribution in [-0.4, -0.2) is 42.7 Å². The van der Waals surface area contributed by atoms with Gasteiger partial charge in [0.15, 0.2) is 0 Å². The molecule has 8 nitrogen and oxygen atoms in total. The van der Waals surface area contributed by atoms with Gasteiger partial charge in [0.1, 0.15) is 28.4 Å². The van der Waals surface area contributed by atoms with Gasteiger partial charge in [-0.2, -0.15) is 0 Å². The van der Waals surface area contributed by atoms with Gasteiger partial charge >= 0.3 is 11.9 Å². The van der Waals surface area contributed by atoms with E-state index in [0.29, 0.717) is 17.9 Å². The summed E-state index contributed by atoms with van der Waals surface area (Å²) >= 11 is 0. The maximum atomic E-state index is 12.6. The Hall–Kier alpha value is -4.07. The molecule has 2 aromatic carbocycles. The van der Waals surface area contributed by atoms with Gasteiger partial charge in [-0.3, -0.25) is 4.79 Å². The highest BCUT2D eigenvalue weighted by molar-refractivity contribution is 5.93. The molecule has 1 aromatic heterocycles. The molecule has 0 atom stereocenters. The van der Waals surface area contributed by atoms with Crippen molar-refractivity contribution in [2.45, 2.75) is 45.6 Å². The van der Waals surface area contributed by atoms with E-state index in [9.17, 15) is 9.59 Å². The highest BCUT2D eigenvalue weighted by atomic mass is 16.6. The molecule has 1 fully saturated rings. The molecular formula is C30H34N2O6. The molecule has 0 N–H and O–H groups in total. The number of piperidine rings is 1. The third-order valence-electron chi connectivity index (χ3n) is 6.11. The molecular weight excluding hydrogens is 484 g/mol. The second kappa shape index (κ2) is 12.0. The molecule has 1 saturated heterocycles. The molecule has 0 aliphatic carbocycles. The van der Waals surface area contributed by atoms with E-state index >= 15 is 0 Å². The second-order valence-electron chi connectivity index (χ2n) is 10.2. The average molecular weight is 519 g/mol. The predicted octanol–water partition coefficient (Wildman–Crippen LogP) is 6.40. The zero-order valence-electron chi connectivity index (χ0n) is 22.3. The van der Waals surface area contributed by atoms with Crippen LogP contribution in [0.3, 0.4) is 0 Å². The Morgan fingerprint density at radius 1 is 0.921 bits per heavy atom. The zero-order chi connectivity index (χ0) is 27.1. The predicted molar refractivity (Wildman–Crippen MR) is 144 cm³/mol. The fraction of sp³-hybridized carbons (Fsp3) is 0.367. The molecule has 8 heteroatoms. The molecule has 200 valence electrons. The largest absolute Gasteiger partial charge is 0.465 e. The second-order valence-corrected chi connectivity index (χ2v) is 10.2. The summed E-state index contributed by atoms with van der Waals surface area (Å²) in [5.74, 6) is 1.65. The lowest BCUT2D eigenvalue weighted by Gasteiger charge is -2.33. The van der Waals surface area contributed by atoms with Crippen molar-refractivity contribution in [1.29, 1.82) is 0 Å². The van der Waals surface area contributed by atoms with E-state index in [1.165, 1.54) is 7.11 Å². The number of ether oxygens (including phenoxy) is 4. The first-order valence-electron chi connectivity index (χ1n) is 12.8. The van der Waals surface area contributed by atoms with Crippen molar-refractivity contribution >= 4 is 17.6 Å². The quantitative estimate of drug-likeness (QED) is 0.317. The van der Waals surface area contributed by atoms with Crippen LogP contribution in [0.2, 0.25) is 0 Å². The Bertz CT molecular complexity index is 1230. The Morgan fingerprint density at radius 2 is 1.53 bits per heavy atom. The molecule has 0 unspecified atom stereocenters. The third kappa shape index (κ3) is 7.47. The number of para-hydroxylation sites is 1. The monoisotopic (exact) mass is 518 g/mol. The first-order valence-corrected chi connectivity index (χ1v) is 12.8. The van der Waals surface area contributed by atoms with Crippen LogP contribution in [0.4, 0.5) is 5.69 Å². The van der Waals surface area contributed by atoms with Crippen molar-refractivity contribution in [3.8, 4) is 23.1 Å². The van der Waals surface area contributed by atoms with Gasteiger partial charge in [0.05, 0.1) is 19.0 Å². The lowest BCUT2D eigenvalue weighted by Crippen LogP contribution is -2.35. The number of rotatable bonds is 8. The van der Waals surface area contributed by atoms with E-state index < -0.39 is 11.6 Å². The molecule has 0 spiro atoms. The van der Waals surface area contributed by atoms with Crippen LogP contribution in [0.1, 0.15) is 50.4 Å². The lowest BCUT2D eigenvalue weighted by molar-refractivity contribution is -0.156. The summed E-state index contributed by atoms with van der Waals surface area (Å²) < 4.78 is 22.2. The first kappa shape index (κ1) is 27.0. The molecule has 1 aliphatic heterocycles. The molecule has 4 rings (SSSR count). The minimum absolute atomic E-state index is 0.160. The molecule has 2 heterocycles. The smallest absolute Gasteiger partial charge is 0.343 e. The number of pyridine rings is 1. The van der Waals surface area contributed by atoms with E-state index in [1.54, 1.807) is 36.5 Å². The van der Waals surface area contributed by atoms with E-state index in [0.717, 1.165) is 37.4 Å². The van der Waals surface area contributed by atoms with Gasteiger partial charge in [-0.25, -0.2) is 9.78 Å². The van der Waals surface area contributed by atoms with Gasteiger partial charge in [0.2, 0.25) is 5.88 Å². The first-order chi connectivity index (χ1) is 18.2. The number of hydrogen-bond acceptors (Lipinski definition) is 8. The van der Waals surface area contributed by atoms with Crippen LogP contribution in [0, 0.1) is 5.92 Å². The SMILES string of the molecule is COC(=O)c1cc(N2CCC(CC(=O)OC(C)(C)C)CC2)cnc1Oc1ccc(Oc2ccccc2)cc1. The minimum atomic E-state index is -0.529. The van der Waals surface area contributed by atoms with Gasteiger partial charge in [-0.1, -0.05) is 18.2 Å². The van der Waals surface area contributed by atoms with Crippen molar-refractivity contribution in [2.75, 3.05) is 25.1 Å². The van der Waals surface area contributed by atoms with Gasteiger partial charge in [-0.05, 0) is 82.0 Å². The lowest BCUT2D eigenvalue weighted by atomic mass is 9.93. The summed E-state index contributed by atoms with van der Waals surface area (Å²) in [5, 5.41) is 0. The van der Waals surface area contributed by atoms with Crippen LogP contribution >= 0.6 is 0 Å². The zero-order valence-corrected chi connectivity index (χ0v) is 22.3. The van der Waals surface area contributed by atoms with E-state index in [1.807, 2.05) is 51.1 Å². The molecule has 0 amide bonds. The maximum Gasteiger partial charge on any atom is 0.343 e. The summed E-state index contributed by atoms with van der Waals surface area (Å²) in [6.07, 6.45) is 3.81. The molecule has 0 radical (unpaired) electrons. The fourth-order valence-corrected chi connectivity index (χ4v) is 4.28. The van der Waals surface area contributed by atoms with Gasteiger partial charge in [0.25, 0.3) is 0 Å².